The molecule has 1 amide bonds. The zero-order valence-electron chi connectivity index (χ0n) is 14.2. The maximum atomic E-state index is 12.3. The zero-order chi connectivity index (χ0) is 16.1. The van der Waals surface area contributed by atoms with E-state index in [9.17, 15) is 4.79 Å². The molecule has 0 aromatic carbocycles. The lowest BCUT2D eigenvalue weighted by Gasteiger charge is -2.34. The minimum Gasteiger partial charge on any atom is -0.340 e. The van der Waals surface area contributed by atoms with Crippen molar-refractivity contribution in [2.75, 3.05) is 26.2 Å². The second kappa shape index (κ2) is 7.90. The van der Waals surface area contributed by atoms with Crippen LogP contribution in [0.25, 0.3) is 0 Å². The van der Waals surface area contributed by atoms with Crippen LogP contribution in [0.4, 0.5) is 0 Å². The van der Waals surface area contributed by atoms with Gasteiger partial charge in [0.2, 0.25) is 11.8 Å². The normalized spacial score (nSPS) is 20.3. The summed E-state index contributed by atoms with van der Waals surface area (Å²) in [6.45, 7) is 6.12. The minimum atomic E-state index is 0.336. The van der Waals surface area contributed by atoms with Gasteiger partial charge in [-0.1, -0.05) is 37.8 Å². The summed E-state index contributed by atoms with van der Waals surface area (Å²) in [5.74, 6) is 2.58. The summed E-state index contributed by atoms with van der Waals surface area (Å²) in [4.78, 5) is 21.0. The third kappa shape index (κ3) is 4.53. The average molecular weight is 320 g/mol. The molecular weight excluding hydrogens is 292 g/mol. The largest absolute Gasteiger partial charge is 0.340 e. The molecule has 2 aliphatic rings. The lowest BCUT2D eigenvalue weighted by molar-refractivity contribution is -0.133. The number of aryl methyl sites for hydroxylation is 1. The fourth-order valence-electron chi connectivity index (χ4n) is 3.63. The highest BCUT2D eigenvalue weighted by Crippen LogP contribution is 2.28. The van der Waals surface area contributed by atoms with Crippen molar-refractivity contribution in [1.29, 1.82) is 0 Å². The topological polar surface area (TPSA) is 62.5 Å². The third-order valence-electron chi connectivity index (χ3n) is 5.15. The third-order valence-corrected chi connectivity index (χ3v) is 5.15. The van der Waals surface area contributed by atoms with Gasteiger partial charge in [-0.15, -0.1) is 0 Å². The molecule has 128 valence electrons. The van der Waals surface area contributed by atoms with Crippen molar-refractivity contribution in [2.24, 2.45) is 5.92 Å². The summed E-state index contributed by atoms with van der Waals surface area (Å²) >= 11 is 0. The van der Waals surface area contributed by atoms with Crippen LogP contribution < -0.4 is 0 Å². The first-order valence-corrected chi connectivity index (χ1v) is 9.06. The summed E-state index contributed by atoms with van der Waals surface area (Å²) in [5.41, 5.74) is 0. The van der Waals surface area contributed by atoms with Crippen LogP contribution >= 0.6 is 0 Å². The molecule has 6 nitrogen and oxygen atoms in total. The highest BCUT2D eigenvalue weighted by atomic mass is 16.5. The number of hydrogen-bond acceptors (Lipinski definition) is 5. The second-order valence-electron chi connectivity index (χ2n) is 6.80. The molecule has 6 heteroatoms. The predicted octanol–water partition coefficient (Wildman–Crippen LogP) is 2.25. The van der Waals surface area contributed by atoms with Crippen LogP contribution in [0, 0.1) is 5.92 Å². The van der Waals surface area contributed by atoms with E-state index in [0.29, 0.717) is 18.3 Å². The van der Waals surface area contributed by atoms with E-state index < -0.39 is 0 Å². The zero-order valence-corrected chi connectivity index (χ0v) is 14.2. The van der Waals surface area contributed by atoms with Gasteiger partial charge in [0.15, 0.2) is 5.82 Å². The molecule has 1 aliphatic heterocycles. The van der Waals surface area contributed by atoms with Crippen LogP contribution in [0.2, 0.25) is 0 Å². The summed E-state index contributed by atoms with van der Waals surface area (Å²) in [5, 5.41) is 3.93. The van der Waals surface area contributed by atoms with Crippen molar-refractivity contribution in [3.63, 3.8) is 0 Å². The fourth-order valence-corrected chi connectivity index (χ4v) is 3.63. The molecule has 1 aromatic rings. The highest BCUT2D eigenvalue weighted by Gasteiger charge is 2.23. The van der Waals surface area contributed by atoms with E-state index in [4.69, 9.17) is 4.52 Å². The van der Waals surface area contributed by atoms with Crippen molar-refractivity contribution in [3.05, 3.63) is 11.7 Å². The Morgan fingerprint density at radius 1 is 1.22 bits per heavy atom. The van der Waals surface area contributed by atoms with Gasteiger partial charge >= 0.3 is 0 Å². The van der Waals surface area contributed by atoms with Gasteiger partial charge in [-0.05, 0) is 12.3 Å². The molecular formula is C17H28N4O2. The van der Waals surface area contributed by atoms with E-state index >= 15 is 0 Å². The van der Waals surface area contributed by atoms with Crippen molar-refractivity contribution in [1.82, 2.24) is 19.9 Å². The van der Waals surface area contributed by atoms with E-state index in [1.807, 2.05) is 11.8 Å². The number of piperazine rings is 1. The van der Waals surface area contributed by atoms with Gasteiger partial charge in [-0.25, -0.2) is 0 Å². The van der Waals surface area contributed by atoms with Gasteiger partial charge in [-0.3, -0.25) is 9.69 Å². The maximum Gasteiger partial charge on any atom is 0.240 e. The SMILES string of the molecule is CCc1noc(CN2CCN(C(=O)CCC3CCCC3)CC2)n1. The standard InChI is InChI=1S/C17H28N4O2/c1-2-15-18-16(23-19-15)13-20-9-11-21(12-10-20)17(22)8-7-14-5-3-4-6-14/h14H,2-13H2,1H3. The van der Waals surface area contributed by atoms with Crippen molar-refractivity contribution < 1.29 is 9.32 Å². The predicted molar refractivity (Wildman–Crippen MR) is 86.7 cm³/mol. The van der Waals surface area contributed by atoms with E-state index in [1.54, 1.807) is 0 Å². The number of amides is 1. The Morgan fingerprint density at radius 2 is 1.96 bits per heavy atom. The van der Waals surface area contributed by atoms with E-state index in [0.717, 1.165) is 57.2 Å². The first-order chi connectivity index (χ1) is 11.2. The van der Waals surface area contributed by atoms with Gasteiger partial charge in [0.25, 0.3) is 0 Å². The van der Waals surface area contributed by atoms with Gasteiger partial charge in [0.1, 0.15) is 0 Å². The van der Waals surface area contributed by atoms with Crippen LogP contribution in [0.3, 0.4) is 0 Å². The summed E-state index contributed by atoms with van der Waals surface area (Å²) in [6.07, 6.45) is 7.97. The molecule has 0 spiro atoms. The van der Waals surface area contributed by atoms with Gasteiger partial charge < -0.3 is 9.42 Å². The highest BCUT2D eigenvalue weighted by molar-refractivity contribution is 5.76. The Bertz CT molecular complexity index is 502. The first-order valence-electron chi connectivity index (χ1n) is 9.06. The Hall–Kier alpha value is -1.43. The second-order valence-corrected chi connectivity index (χ2v) is 6.80. The van der Waals surface area contributed by atoms with E-state index in [-0.39, 0.29) is 0 Å². The quantitative estimate of drug-likeness (QED) is 0.804. The number of carbonyl (C=O) groups is 1. The molecule has 0 N–H and O–H groups in total. The Labute approximate surface area is 138 Å². The fraction of sp³-hybridized carbons (Fsp3) is 0.824. The van der Waals surface area contributed by atoms with Crippen molar-refractivity contribution in [3.8, 4) is 0 Å². The molecule has 0 radical (unpaired) electrons. The molecule has 2 heterocycles. The Kier molecular flexibility index (Phi) is 5.65. The van der Waals surface area contributed by atoms with E-state index in [2.05, 4.69) is 15.0 Å². The molecule has 1 saturated heterocycles. The smallest absolute Gasteiger partial charge is 0.240 e. The number of carbonyl (C=O) groups excluding carboxylic acids is 1. The minimum absolute atomic E-state index is 0.336. The van der Waals surface area contributed by atoms with Crippen LogP contribution in [0.15, 0.2) is 4.52 Å². The van der Waals surface area contributed by atoms with Gasteiger partial charge in [-0.2, -0.15) is 4.98 Å². The van der Waals surface area contributed by atoms with Crippen LogP contribution in [-0.4, -0.2) is 52.0 Å². The maximum absolute atomic E-state index is 12.3. The van der Waals surface area contributed by atoms with Crippen molar-refractivity contribution in [2.45, 2.75) is 58.4 Å². The van der Waals surface area contributed by atoms with Gasteiger partial charge in [0, 0.05) is 39.0 Å². The monoisotopic (exact) mass is 320 g/mol. The Morgan fingerprint density at radius 3 is 2.61 bits per heavy atom. The van der Waals surface area contributed by atoms with Gasteiger partial charge in [0.05, 0.1) is 6.54 Å². The molecule has 1 saturated carbocycles. The first kappa shape index (κ1) is 16.4. The lowest BCUT2D eigenvalue weighted by atomic mass is 10.0. The molecule has 0 bridgehead atoms. The molecule has 3 rings (SSSR count). The molecule has 0 atom stereocenters. The summed E-state index contributed by atoms with van der Waals surface area (Å²) in [6, 6.07) is 0. The molecule has 1 aliphatic carbocycles. The molecule has 0 unspecified atom stereocenters. The van der Waals surface area contributed by atoms with Crippen LogP contribution in [0.5, 0.6) is 0 Å². The molecule has 2 fully saturated rings. The van der Waals surface area contributed by atoms with E-state index in [1.165, 1.54) is 25.7 Å². The van der Waals surface area contributed by atoms with Crippen LogP contribution in [0.1, 0.15) is 57.2 Å². The number of nitrogens with zero attached hydrogens (tertiary/aromatic N) is 4. The lowest BCUT2D eigenvalue weighted by Crippen LogP contribution is -2.48. The number of hydrogen-bond donors (Lipinski definition) is 0. The average Bonchev–Trinajstić information content (AvgIpc) is 3.25. The summed E-state index contributed by atoms with van der Waals surface area (Å²) in [7, 11) is 0. The Balaban J connectivity index is 1.38. The van der Waals surface area contributed by atoms with Crippen LogP contribution in [-0.2, 0) is 17.8 Å². The molecule has 1 aromatic heterocycles. The van der Waals surface area contributed by atoms with Crippen molar-refractivity contribution >= 4 is 5.91 Å². The number of rotatable bonds is 6. The number of aromatic nitrogens is 2. The summed E-state index contributed by atoms with van der Waals surface area (Å²) < 4.78 is 5.24. The molecule has 23 heavy (non-hydrogen) atoms.